The highest BCUT2D eigenvalue weighted by atomic mass is 32.2. The number of fused-ring (bicyclic) bond motifs is 1. The Balaban J connectivity index is 1.03. The van der Waals surface area contributed by atoms with Crippen LogP contribution in [0.2, 0.25) is 0 Å². The summed E-state index contributed by atoms with van der Waals surface area (Å²) in [4.78, 5) is 26.3. The third kappa shape index (κ3) is 6.90. The van der Waals surface area contributed by atoms with Crippen LogP contribution in [-0.4, -0.2) is 77.2 Å². The number of ether oxygens (including phenoxy) is 2. The van der Waals surface area contributed by atoms with Crippen LogP contribution in [0.15, 0.2) is 77.8 Å². The quantitative estimate of drug-likeness (QED) is 0.269. The molecule has 1 aromatic heterocycles. The summed E-state index contributed by atoms with van der Waals surface area (Å²) in [5.74, 6) is 0.905. The summed E-state index contributed by atoms with van der Waals surface area (Å²) in [6.45, 7) is 5.41. The number of aliphatic hydroxyl groups excluding tert-OH is 1. The number of esters is 1. The van der Waals surface area contributed by atoms with E-state index in [9.17, 15) is 4.79 Å². The Morgan fingerprint density at radius 1 is 0.976 bits per heavy atom. The summed E-state index contributed by atoms with van der Waals surface area (Å²) in [6, 6.07) is 24.7. The van der Waals surface area contributed by atoms with Crippen LogP contribution in [-0.2, 0) is 22.7 Å². The molecule has 8 nitrogen and oxygen atoms in total. The first kappa shape index (κ1) is 27.7. The Morgan fingerprint density at radius 3 is 2.63 bits per heavy atom. The molecule has 212 valence electrons. The lowest BCUT2D eigenvalue weighted by Gasteiger charge is -2.36. The Morgan fingerprint density at radius 2 is 1.80 bits per heavy atom. The van der Waals surface area contributed by atoms with E-state index in [1.807, 2.05) is 18.2 Å². The van der Waals surface area contributed by atoms with Crippen molar-refractivity contribution in [1.29, 1.82) is 0 Å². The van der Waals surface area contributed by atoms with Crippen molar-refractivity contribution >= 4 is 50.0 Å². The van der Waals surface area contributed by atoms with E-state index in [0.29, 0.717) is 12.4 Å². The number of aromatic nitrogens is 1. The molecule has 0 spiro atoms. The maximum Gasteiger partial charge on any atom is 0.331 e. The van der Waals surface area contributed by atoms with Crippen LogP contribution in [0.4, 0.5) is 5.69 Å². The van der Waals surface area contributed by atoms with Gasteiger partial charge in [0.25, 0.3) is 0 Å². The van der Waals surface area contributed by atoms with Crippen LogP contribution in [0, 0.1) is 0 Å². The van der Waals surface area contributed by atoms with E-state index in [1.165, 1.54) is 34.3 Å². The normalized spacial score (nSPS) is 17.5. The lowest BCUT2D eigenvalue weighted by molar-refractivity contribution is -0.145. The number of hydrogen-bond acceptors (Lipinski definition) is 10. The Hall–Kier alpha value is -3.44. The molecule has 3 heterocycles. The highest BCUT2D eigenvalue weighted by molar-refractivity contribution is 8.15. The fraction of sp³-hybridized carbons (Fsp3) is 0.323. The molecule has 1 unspecified atom stereocenters. The number of carbonyl (C=O) groups excluding carboxylic acids is 1. The molecule has 2 aliphatic heterocycles. The molecule has 0 saturated carbocycles. The summed E-state index contributed by atoms with van der Waals surface area (Å²) in [6.07, 6.45) is 0. The summed E-state index contributed by atoms with van der Waals surface area (Å²) in [7, 11) is 0. The van der Waals surface area contributed by atoms with E-state index < -0.39 is 12.0 Å². The molecule has 1 saturated heterocycles. The molecule has 0 radical (unpaired) electrons. The van der Waals surface area contributed by atoms with E-state index in [0.717, 1.165) is 64.3 Å². The zero-order valence-corrected chi connectivity index (χ0v) is 24.3. The second-order valence-electron chi connectivity index (χ2n) is 10.0. The van der Waals surface area contributed by atoms with Gasteiger partial charge in [-0.15, -0.1) is 23.1 Å². The monoisotopic (exact) mass is 588 g/mol. The molecule has 2 aliphatic rings. The number of piperazine rings is 1. The van der Waals surface area contributed by atoms with Gasteiger partial charge in [0, 0.05) is 44.2 Å². The van der Waals surface area contributed by atoms with E-state index in [2.05, 4.69) is 69.4 Å². The fourth-order valence-electron chi connectivity index (χ4n) is 4.99. The molecule has 0 amide bonds. The molecule has 0 aliphatic carbocycles. The smallest absolute Gasteiger partial charge is 0.331 e. The molecule has 41 heavy (non-hydrogen) atoms. The zero-order valence-electron chi connectivity index (χ0n) is 22.6. The summed E-state index contributed by atoms with van der Waals surface area (Å²) < 4.78 is 12.2. The topological polar surface area (TPSA) is 87.5 Å². The van der Waals surface area contributed by atoms with Crippen molar-refractivity contribution in [3.8, 4) is 5.75 Å². The van der Waals surface area contributed by atoms with Gasteiger partial charge in [0.15, 0.2) is 6.04 Å². The van der Waals surface area contributed by atoms with Gasteiger partial charge >= 0.3 is 5.97 Å². The number of anilines is 1. The summed E-state index contributed by atoms with van der Waals surface area (Å²) in [5.41, 5.74) is 4.62. The number of rotatable bonds is 10. The van der Waals surface area contributed by atoms with Gasteiger partial charge in [0.1, 0.15) is 29.0 Å². The zero-order chi connectivity index (χ0) is 28.0. The molecule has 6 rings (SSSR count). The van der Waals surface area contributed by atoms with Gasteiger partial charge in [0.05, 0.1) is 16.8 Å². The Kier molecular flexibility index (Phi) is 8.81. The van der Waals surface area contributed by atoms with Gasteiger partial charge in [-0.25, -0.2) is 9.78 Å². The van der Waals surface area contributed by atoms with Crippen LogP contribution in [0.5, 0.6) is 5.75 Å². The number of benzene rings is 3. The number of para-hydroxylation sites is 1. The van der Waals surface area contributed by atoms with Crippen molar-refractivity contribution < 1.29 is 19.4 Å². The Labute approximate surface area is 247 Å². The number of nitrogens with zero attached hydrogens (tertiary/aromatic N) is 4. The molecule has 4 aromatic rings. The van der Waals surface area contributed by atoms with Crippen molar-refractivity contribution in [2.24, 2.45) is 4.99 Å². The highest BCUT2D eigenvalue weighted by Gasteiger charge is 2.28. The molecule has 1 atom stereocenters. The molecule has 1 N–H and O–H groups in total. The van der Waals surface area contributed by atoms with Crippen LogP contribution < -0.4 is 9.64 Å². The van der Waals surface area contributed by atoms with Gasteiger partial charge in [-0.1, -0.05) is 42.5 Å². The number of aliphatic hydroxyl groups is 1. The summed E-state index contributed by atoms with van der Waals surface area (Å²) in [5, 5.41) is 10.4. The van der Waals surface area contributed by atoms with Crippen LogP contribution in [0.3, 0.4) is 0 Å². The minimum atomic E-state index is -0.554. The lowest BCUT2D eigenvalue weighted by atomic mass is 10.1. The largest absolute Gasteiger partial charge is 0.489 e. The van der Waals surface area contributed by atoms with Gasteiger partial charge in [-0.2, -0.15) is 0 Å². The fourth-order valence-corrected chi connectivity index (χ4v) is 7.07. The number of thiazole rings is 1. The van der Waals surface area contributed by atoms with Crippen molar-refractivity contribution in [1.82, 2.24) is 9.88 Å². The average molecular weight is 589 g/mol. The number of hydrogen-bond donors (Lipinski definition) is 1. The maximum absolute atomic E-state index is 12.1. The third-order valence-corrected chi connectivity index (χ3v) is 9.31. The first-order valence-electron chi connectivity index (χ1n) is 13.8. The number of thioether (sulfide) groups is 1. The van der Waals surface area contributed by atoms with Crippen molar-refractivity contribution in [3.63, 3.8) is 0 Å². The second-order valence-corrected chi connectivity index (χ2v) is 12.0. The number of carbonyl (C=O) groups is 1. The molecule has 0 bridgehead atoms. The Bertz CT molecular complexity index is 1520. The molecule has 1 fully saturated rings. The van der Waals surface area contributed by atoms with E-state index >= 15 is 0 Å². The van der Waals surface area contributed by atoms with Gasteiger partial charge in [-0.05, 0) is 41.5 Å². The average Bonchev–Trinajstić information content (AvgIpc) is 3.67. The van der Waals surface area contributed by atoms with Crippen LogP contribution in [0.1, 0.15) is 16.1 Å². The minimum absolute atomic E-state index is 0.00838. The molecular weight excluding hydrogens is 556 g/mol. The highest BCUT2D eigenvalue weighted by Crippen LogP contribution is 2.32. The van der Waals surface area contributed by atoms with Gasteiger partial charge in [0.2, 0.25) is 0 Å². The van der Waals surface area contributed by atoms with Crippen molar-refractivity contribution in [2.45, 2.75) is 19.2 Å². The lowest BCUT2D eigenvalue weighted by Crippen LogP contribution is -2.45. The summed E-state index contributed by atoms with van der Waals surface area (Å²) >= 11 is 3.04. The van der Waals surface area contributed by atoms with Crippen LogP contribution in [0.25, 0.3) is 10.2 Å². The molecule has 10 heteroatoms. The van der Waals surface area contributed by atoms with Crippen LogP contribution >= 0.6 is 23.1 Å². The maximum atomic E-state index is 12.1. The second kappa shape index (κ2) is 13.0. The SMILES string of the molecule is O=C(OCCO)C1CSC(c2nc3ccc(OCc4cccc(CN5CCN(c6ccccc6)CC5)c4)cc3s2)=N1. The van der Waals surface area contributed by atoms with Crippen molar-refractivity contribution in [2.75, 3.05) is 50.0 Å². The first-order valence-corrected chi connectivity index (χ1v) is 15.6. The number of aliphatic imine (C=N–C) groups is 1. The predicted molar refractivity (Wildman–Crippen MR) is 165 cm³/mol. The van der Waals surface area contributed by atoms with Gasteiger partial charge < -0.3 is 19.5 Å². The molecular formula is C31H32N4O4S2. The van der Waals surface area contributed by atoms with Crippen molar-refractivity contribution in [3.05, 3.63) is 88.9 Å². The van der Waals surface area contributed by atoms with E-state index in [4.69, 9.17) is 19.6 Å². The molecule has 3 aromatic carbocycles. The first-order chi connectivity index (χ1) is 20.1. The minimum Gasteiger partial charge on any atom is -0.489 e. The predicted octanol–water partition coefficient (Wildman–Crippen LogP) is 4.60. The third-order valence-electron chi connectivity index (χ3n) is 7.10. The van der Waals surface area contributed by atoms with E-state index in [-0.39, 0.29) is 13.2 Å². The van der Waals surface area contributed by atoms with E-state index in [1.54, 1.807) is 0 Å². The van der Waals surface area contributed by atoms with Gasteiger partial charge in [-0.3, -0.25) is 9.89 Å². The standard InChI is InChI=1S/C31H32N4O4S2/c36-15-16-38-31(37)27-21-40-29(33-27)30-32-26-10-9-25(18-28(26)41-30)39-20-23-6-4-5-22(17-23)19-34-11-13-35(14-12-34)24-7-2-1-3-8-24/h1-10,17-18,27,36H,11-16,19-21H2.